The smallest absolute Gasteiger partial charge is 0.138 e. The number of hydrogen-bond acceptors (Lipinski definition) is 3. The Morgan fingerprint density at radius 1 is 0.440 bits per heavy atom. The fraction of sp³-hybridized carbons (Fsp3) is 0. The highest BCUT2D eigenvalue weighted by Crippen LogP contribution is 2.49. The molecule has 0 bridgehead atoms. The Hall–Kier alpha value is -6.71. The molecule has 2 aromatic heterocycles. The predicted molar refractivity (Wildman–Crippen MR) is 210 cm³/mol. The number of rotatable bonds is 5. The first-order valence-corrected chi connectivity index (χ1v) is 16.9. The van der Waals surface area contributed by atoms with E-state index in [2.05, 4.69) is 174 Å². The van der Waals surface area contributed by atoms with Gasteiger partial charge in [0.2, 0.25) is 0 Å². The molecule has 2 heterocycles. The molecule has 234 valence electrons. The molecular weight excluding hydrogens is 609 g/mol. The van der Waals surface area contributed by atoms with Gasteiger partial charge in [-0.05, 0) is 80.7 Å². The van der Waals surface area contributed by atoms with Gasteiger partial charge in [-0.2, -0.15) is 0 Å². The maximum absolute atomic E-state index is 6.55. The monoisotopic (exact) mass is 638 g/mol. The molecule has 0 saturated heterocycles. The van der Waals surface area contributed by atoms with E-state index in [1.807, 2.05) is 18.5 Å². The summed E-state index contributed by atoms with van der Waals surface area (Å²) in [5.74, 6) is 0. The molecule has 0 radical (unpaired) electrons. The summed E-state index contributed by atoms with van der Waals surface area (Å²) < 4.78 is 6.55. The first kappa shape index (κ1) is 28.3. The molecule has 0 aliphatic heterocycles. The van der Waals surface area contributed by atoms with Gasteiger partial charge in [0.05, 0.1) is 16.8 Å². The van der Waals surface area contributed by atoms with Gasteiger partial charge in [0.15, 0.2) is 0 Å². The highest BCUT2D eigenvalue weighted by molar-refractivity contribution is 6.22. The third kappa shape index (κ3) is 4.56. The quantitative estimate of drug-likeness (QED) is 0.188. The average molecular weight is 639 g/mol. The number of hydrogen-bond donors (Lipinski definition) is 0. The van der Waals surface area contributed by atoms with Crippen molar-refractivity contribution in [1.29, 1.82) is 0 Å². The Balaban J connectivity index is 1.27. The van der Waals surface area contributed by atoms with E-state index in [1.54, 1.807) is 0 Å². The number of aromatic nitrogens is 1. The third-order valence-corrected chi connectivity index (χ3v) is 9.91. The van der Waals surface area contributed by atoms with Crippen LogP contribution in [0, 0.1) is 0 Å². The first-order chi connectivity index (χ1) is 24.8. The fourth-order valence-corrected chi connectivity index (χ4v) is 7.57. The fourth-order valence-electron chi connectivity index (χ4n) is 7.57. The van der Waals surface area contributed by atoms with Crippen LogP contribution in [0.4, 0.5) is 17.1 Å². The number of furan rings is 1. The third-order valence-electron chi connectivity index (χ3n) is 9.91. The largest absolute Gasteiger partial charge is 0.456 e. The van der Waals surface area contributed by atoms with Crippen molar-refractivity contribution in [1.82, 2.24) is 4.98 Å². The van der Waals surface area contributed by atoms with Crippen LogP contribution < -0.4 is 4.90 Å². The molecule has 0 atom stereocenters. The van der Waals surface area contributed by atoms with Gasteiger partial charge in [0.1, 0.15) is 11.2 Å². The molecular formula is C47H30N2O. The Morgan fingerprint density at radius 3 is 2.04 bits per heavy atom. The normalized spacial score (nSPS) is 11.6. The molecule has 50 heavy (non-hydrogen) atoms. The SMILES string of the molecule is c1ccc(N(c2ccc(-c3ccc4ccccc4c3)cc2)c2c3ccncc3cc3oc4ccccc4c23)c(-c2cccc3ccccc23)c1. The maximum atomic E-state index is 6.55. The van der Waals surface area contributed by atoms with Gasteiger partial charge >= 0.3 is 0 Å². The minimum absolute atomic E-state index is 0.835. The Kier molecular flexibility index (Phi) is 6.49. The van der Waals surface area contributed by atoms with Gasteiger partial charge in [0.25, 0.3) is 0 Å². The van der Waals surface area contributed by atoms with Crippen molar-refractivity contribution in [3.8, 4) is 22.3 Å². The Morgan fingerprint density at radius 2 is 1.14 bits per heavy atom. The van der Waals surface area contributed by atoms with Crippen LogP contribution in [0.3, 0.4) is 0 Å². The van der Waals surface area contributed by atoms with Crippen LogP contribution in [0.25, 0.3) is 76.5 Å². The van der Waals surface area contributed by atoms with Crippen LogP contribution in [0.15, 0.2) is 187 Å². The van der Waals surface area contributed by atoms with Crippen molar-refractivity contribution >= 4 is 71.3 Å². The average Bonchev–Trinajstić information content (AvgIpc) is 3.56. The van der Waals surface area contributed by atoms with Gasteiger partial charge in [0, 0.05) is 39.8 Å². The molecule has 10 rings (SSSR count). The second-order valence-electron chi connectivity index (χ2n) is 12.8. The standard InChI is InChI=1S/C47H30N2O/c1-2-12-34-28-35(21-20-31(34)10-1)32-22-24-37(25-23-32)49(43-18-7-5-15-41(43)40-17-9-13-33-11-3-4-14-38(33)40)47-39-26-27-48-30-36(39)29-45-46(47)42-16-6-8-19-44(42)50-45/h1-30H. The topological polar surface area (TPSA) is 29.3 Å². The highest BCUT2D eigenvalue weighted by atomic mass is 16.3. The second kappa shape index (κ2) is 11.5. The summed E-state index contributed by atoms with van der Waals surface area (Å²) in [6, 6.07) is 60.7. The summed E-state index contributed by atoms with van der Waals surface area (Å²) in [6.07, 6.45) is 3.82. The molecule has 0 N–H and O–H groups in total. The summed E-state index contributed by atoms with van der Waals surface area (Å²) >= 11 is 0. The van der Waals surface area contributed by atoms with E-state index >= 15 is 0 Å². The van der Waals surface area contributed by atoms with Crippen molar-refractivity contribution in [3.05, 3.63) is 182 Å². The minimum atomic E-state index is 0.835. The summed E-state index contributed by atoms with van der Waals surface area (Å²) in [5.41, 5.74) is 9.59. The van der Waals surface area contributed by atoms with Crippen molar-refractivity contribution in [2.45, 2.75) is 0 Å². The van der Waals surface area contributed by atoms with Crippen LogP contribution in [0.1, 0.15) is 0 Å². The number of benzene rings is 8. The van der Waals surface area contributed by atoms with Crippen LogP contribution in [0.2, 0.25) is 0 Å². The summed E-state index contributed by atoms with van der Waals surface area (Å²) in [6.45, 7) is 0. The number of para-hydroxylation sites is 2. The van der Waals surface area contributed by atoms with Gasteiger partial charge in [-0.15, -0.1) is 0 Å². The summed E-state index contributed by atoms with van der Waals surface area (Å²) in [5, 5.41) is 9.19. The lowest BCUT2D eigenvalue weighted by molar-refractivity contribution is 0.669. The van der Waals surface area contributed by atoms with Crippen LogP contribution in [-0.2, 0) is 0 Å². The molecule has 0 aliphatic carbocycles. The number of pyridine rings is 1. The summed E-state index contributed by atoms with van der Waals surface area (Å²) in [7, 11) is 0. The number of fused-ring (bicyclic) bond motifs is 6. The van der Waals surface area contributed by atoms with E-state index in [-0.39, 0.29) is 0 Å². The number of nitrogens with zero attached hydrogens (tertiary/aromatic N) is 2. The molecule has 0 aliphatic rings. The maximum Gasteiger partial charge on any atom is 0.138 e. The van der Waals surface area contributed by atoms with E-state index in [4.69, 9.17) is 4.42 Å². The molecule has 3 heteroatoms. The van der Waals surface area contributed by atoms with Gasteiger partial charge < -0.3 is 9.32 Å². The molecule has 0 spiro atoms. The lowest BCUT2D eigenvalue weighted by Crippen LogP contribution is -2.12. The number of anilines is 3. The molecule has 0 fully saturated rings. The molecule has 8 aromatic carbocycles. The van der Waals surface area contributed by atoms with Crippen LogP contribution in [0.5, 0.6) is 0 Å². The molecule has 0 amide bonds. The lowest BCUT2D eigenvalue weighted by Gasteiger charge is -2.30. The molecule has 0 saturated carbocycles. The second-order valence-corrected chi connectivity index (χ2v) is 12.8. The first-order valence-electron chi connectivity index (χ1n) is 16.9. The Labute approximate surface area is 289 Å². The van der Waals surface area contributed by atoms with Crippen molar-refractivity contribution in [3.63, 3.8) is 0 Å². The van der Waals surface area contributed by atoms with Crippen molar-refractivity contribution in [2.75, 3.05) is 4.90 Å². The summed E-state index contributed by atoms with van der Waals surface area (Å²) in [4.78, 5) is 6.95. The van der Waals surface area contributed by atoms with Crippen LogP contribution >= 0.6 is 0 Å². The van der Waals surface area contributed by atoms with Gasteiger partial charge in [-0.1, -0.05) is 127 Å². The Bertz CT molecular complexity index is 2880. The zero-order valence-electron chi connectivity index (χ0n) is 27.1. The lowest BCUT2D eigenvalue weighted by atomic mass is 9.95. The van der Waals surface area contributed by atoms with E-state index in [1.165, 1.54) is 38.2 Å². The van der Waals surface area contributed by atoms with Gasteiger partial charge in [-0.25, -0.2) is 0 Å². The van der Waals surface area contributed by atoms with Crippen molar-refractivity contribution < 1.29 is 4.42 Å². The molecule has 0 unspecified atom stereocenters. The van der Waals surface area contributed by atoms with E-state index in [0.29, 0.717) is 0 Å². The van der Waals surface area contributed by atoms with E-state index in [9.17, 15) is 0 Å². The molecule has 10 aromatic rings. The zero-order chi connectivity index (χ0) is 33.0. The zero-order valence-corrected chi connectivity index (χ0v) is 27.1. The molecule has 3 nitrogen and oxygen atoms in total. The predicted octanol–water partition coefficient (Wildman–Crippen LogP) is 13.2. The van der Waals surface area contributed by atoms with Crippen molar-refractivity contribution in [2.24, 2.45) is 0 Å². The van der Waals surface area contributed by atoms with Gasteiger partial charge in [-0.3, -0.25) is 4.98 Å². The van der Waals surface area contributed by atoms with E-state index in [0.717, 1.165) is 55.3 Å². The highest BCUT2D eigenvalue weighted by Gasteiger charge is 2.25. The van der Waals surface area contributed by atoms with E-state index < -0.39 is 0 Å². The van der Waals surface area contributed by atoms with Crippen LogP contribution in [-0.4, -0.2) is 4.98 Å². The minimum Gasteiger partial charge on any atom is -0.456 e.